The molecule has 1 atom stereocenters. The molecule has 0 saturated heterocycles. The van der Waals surface area contributed by atoms with E-state index in [-0.39, 0.29) is 24.5 Å². The first-order chi connectivity index (χ1) is 13.0. The number of carbonyl (C=O) groups excluding carboxylic acids is 1. The van der Waals surface area contributed by atoms with Crippen LogP contribution < -0.4 is 4.74 Å². The molecule has 0 aromatic heterocycles. The molecule has 1 unspecified atom stereocenters. The Balaban J connectivity index is 0.000000394. The van der Waals surface area contributed by atoms with Crippen molar-refractivity contribution in [2.24, 2.45) is 0 Å². The van der Waals surface area contributed by atoms with Crippen molar-refractivity contribution in [3.8, 4) is 11.5 Å². The van der Waals surface area contributed by atoms with Gasteiger partial charge in [-0.1, -0.05) is 30.3 Å². The number of aliphatic hydroxyl groups is 3. The Morgan fingerprint density at radius 3 is 1.93 bits per heavy atom. The third-order valence-corrected chi connectivity index (χ3v) is 2.93. The summed E-state index contributed by atoms with van der Waals surface area (Å²) in [4.78, 5) is 10.9. The third-order valence-electron chi connectivity index (χ3n) is 2.93. The normalized spacial score (nSPS) is 10.4. The molecule has 4 N–H and O–H groups in total. The van der Waals surface area contributed by atoms with E-state index in [0.717, 1.165) is 12.8 Å². The minimum absolute atomic E-state index is 0.0562. The summed E-state index contributed by atoms with van der Waals surface area (Å²) >= 11 is 0. The second kappa shape index (κ2) is 15.6. The number of methoxy groups -OCH3 is 1. The van der Waals surface area contributed by atoms with E-state index in [2.05, 4.69) is 4.74 Å². The van der Waals surface area contributed by atoms with Gasteiger partial charge in [0.05, 0.1) is 7.11 Å². The standard InChI is InChI=1S/C8H8O3.C8H10O2.C4H10O2/c1-11-8(10)6-4-2-3-5-7(6)9;1-7(9)10-8-5-3-2-4-6-8;5-3-1-2-4-6/h2-5,9H,1H3;2-7,9H,1H3;5-6H,1-4H2. The molecule has 2 aromatic rings. The number of esters is 1. The van der Waals surface area contributed by atoms with Crippen LogP contribution in [0.15, 0.2) is 54.6 Å². The number of rotatable bonds is 6. The monoisotopic (exact) mass is 380 g/mol. The van der Waals surface area contributed by atoms with Crippen LogP contribution in [0.4, 0.5) is 0 Å². The van der Waals surface area contributed by atoms with Crippen LogP contribution >= 0.6 is 0 Å². The lowest BCUT2D eigenvalue weighted by Crippen LogP contribution is -2.08. The first-order valence-corrected chi connectivity index (χ1v) is 8.44. The zero-order valence-electron chi connectivity index (χ0n) is 15.6. The van der Waals surface area contributed by atoms with Crippen LogP contribution in [0.5, 0.6) is 11.5 Å². The number of ether oxygens (including phenoxy) is 2. The summed E-state index contributed by atoms with van der Waals surface area (Å²) < 4.78 is 9.39. The molecule has 0 fully saturated rings. The zero-order chi connectivity index (χ0) is 20.5. The van der Waals surface area contributed by atoms with E-state index in [0.29, 0.717) is 5.75 Å². The first kappa shape index (κ1) is 24.4. The van der Waals surface area contributed by atoms with E-state index in [9.17, 15) is 4.79 Å². The molecule has 0 aliphatic carbocycles. The fourth-order valence-electron chi connectivity index (χ4n) is 1.68. The van der Waals surface area contributed by atoms with Gasteiger partial charge in [-0.15, -0.1) is 0 Å². The predicted molar refractivity (Wildman–Crippen MR) is 102 cm³/mol. The van der Waals surface area contributed by atoms with Gasteiger partial charge in [-0.05, 0) is 44.0 Å². The summed E-state index contributed by atoms with van der Waals surface area (Å²) in [6, 6.07) is 15.4. The summed E-state index contributed by atoms with van der Waals surface area (Å²) in [6.07, 6.45) is 0.704. The highest BCUT2D eigenvalue weighted by molar-refractivity contribution is 5.92. The number of hydrogen-bond acceptors (Lipinski definition) is 7. The van der Waals surface area contributed by atoms with Gasteiger partial charge in [0.2, 0.25) is 0 Å². The Labute approximate surface area is 159 Å². The molecular weight excluding hydrogens is 352 g/mol. The molecule has 7 nitrogen and oxygen atoms in total. The molecule has 7 heteroatoms. The summed E-state index contributed by atoms with van der Waals surface area (Å²) in [5.74, 6) is 0.111. The maximum absolute atomic E-state index is 10.9. The molecule has 0 radical (unpaired) electrons. The average molecular weight is 380 g/mol. The minimum atomic E-state index is -0.734. The van der Waals surface area contributed by atoms with Crippen molar-refractivity contribution in [1.82, 2.24) is 0 Å². The maximum atomic E-state index is 10.9. The van der Waals surface area contributed by atoms with Gasteiger partial charge in [0.1, 0.15) is 17.1 Å². The molecule has 0 amide bonds. The van der Waals surface area contributed by atoms with Gasteiger partial charge in [0.15, 0.2) is 6.29 Å². The third kappa shape index (κ3) is 12.4. The van der Waals surface area contributed by atoms with Crippen molar-refractivity contribution < 1.29 is 34.7 Å². The topological polar surface area (TPSA) is 116 Å². The van der Waals surface area contributed by atoms with Gasteiger partial charge in [-0.2, -0.15) is 0 Å². The molecule has 2 rings (SSSR count). The van der Waals surface area contributed by atoms with Crippen molar-refractivity contribution in [3.05, 3.63) is 60.2 Å². The lowest BCUT2D eigenvalue weighted by Gasteiger charge is -2.06. The van der Waals surface area contributed by atoms with Crippen LogP contribution in [0.25, 0.3) is 0 Å². The van der Waals surface area contributed by atoms with Gasteiger partial charge >= 0.3 is 5.97 Å². The summed E-state index contributed by atoms with van der Waals surface area (Å²) in [7, 11) is 1.27. The van der Waals surface area contributed by atoms with E-state index in [4.69, 9.17) is 25.2 Å². The van der Waals surface area contributed by atoms with Crippen LogP contribution in [0.1, 0.15) is 30.1 Å². The van der Waals surface area contributed by atoms with Gasteiger partial charge in [-0.25, -0.2) is 4.79 Å². The molecule has 27 heavy (non-hydrogen) atoms. The highest BCUT2D eigenvalue weighted by Gasteiger charge is 2.08. The Bertz CT molecular complexity index is 611. The number of carbonyl (C=O) groups is 1. The van der Waals surface area contributed by atoms with E-state index < -0.39 is 12.3 Å². The highest BCUT2D eigenvalue weighted by atomic mass is 16.6. The zero-order valence-corrected chi connectivity index (χ0v) is 15.6. The number of aliphatic hydroxyl groups excluding tert-OH is 3. The van der Waals surface area contributed by atoms with Gasteiger partial charge in [-0.3, -0.25) is 0 Å². The van der Waals surface area contributed by atoms with Crippen molar-refractivity contribution >= 4 is 5.97 Å². The van der Waals surface area contributed by atoms with Crippen LogP contribution in [0.2, 0.25) is 0 Å². The number of para-hydroxylation sites is 2. The van der Waals surface area contributed by atoms with Crippen molar-refractivity contribution in [3.63, 3.8) is 0 Å². The molecule has 0 aliphatic heterocycles. The molecule has 0 bridgehead atoms. The highest BCUT2D eigenvalue weighted by Crippen LogP contribution is 2.15. The van der Waals surface area contributed by atoms with Crippen LogP contribution in [-0.4, -0.2) is 53.0 Å². The van der Waals surface area contributed by atoms with E-state index in [1.165, 1.54) is 19.2 Å². The fraction of sp³-hybridized carbons (Fsp3) is 0.350. The van der Waals surface area contributed by atoms with E-state index >= 15 is 0 Å². The number of phenols is 1. The molecule has 2 aromatic carbocycles. The Hall–Kier alpha value is -2.61. The summed E-state index contributed by atoms with van der Waals surface area (Å²) in [5, 5.41) is 34.1. The Morgan fingerprint density at radius 1 is 0.963 bits per heavy atom. The van der Waals surface area contributed by atoms with Crippen molar-refractivity contribution in [2.45, 2.75) is 26.1 Å². The molecule has 150 valence electrons. The molecule has 0 spiro atoms. The average Bonchev–Trinajstić information content (AvgIpc) is 2.67. The van der Waals surface area contributed by atoms with Crippen molar-refractivity contribution in [2.75, 3.05) is 20.3 Å². The molecule has 0 aliphatic rings. The van der Waals surface area contributed by atoms with E-state index in [1.807, 2.05) is 18.2 Å². The SMILES string of the molecule is CC(O)Oc1ccccc1.COC(=O)c1ccccc1O.OCCCCO. The Morgan fingerprint density at radius 2 is 1.48 bits per heavy atom. The number of unbranched alkanes of at least 4 members (excludes halogenated alkanes) is 1. The number of aromatic hydroxyl groups is 1. The maximum Gasteiger partial charge on any atom is 0.341 e. The van der Waals surface area contributed by atoms with Crippen LogP contribution in [0.3, 0.4) is 0 Å². The van der Waals surface area contributed by atoms with Crippen LogP contribution in [0, 0.1) is 0 Å². The van der Waals surface area contributed by atoms with Gasteiger partial charge < -0.3 is 29.9 Å². The largest absolute Gasteiger partial charge is 0.507 e. The fourth-order valence-corrected chi connectivity index (χ4v) is 1.68. The first-order valence-electron chi connectivity index (χ1n) is 8.44. The minimum Gasteiger partial charge on any atom is -0.507 e. The molecular formula is C20H28O7. The van der Waals surface area contributed by atoms with Gasteiger partial charge in [0.25, 0.3) is 0 Å². The predicted octanol–water partition coefficient (Wildman–Crippen LogP) is 2.33. The molecule has 0 heterocycles. The summed E-state index contributed by atoms with van der Waals surface area (Å²) in [5.41, 5.74) is 0.190. The van der Waals surface area contributed by atoms with Gasteiger partial charge in [0, 0.05) is 13.2 Å². The summed E-state index contributed by atoms with van der Waals surface area (Å²) in [6.45, 7) is 1.97. The Kier molecular flexibility index (Phi) is 14.1. The van der Waals surface area contributed by atoms with Crippen molar-refractivity contribution in [1.29, 1.82) is 0 Å². The lowest BCUT2D eigenvalue weighted by atomic mass is 10.2. The number of phenolic OH excluding ortho intramolecular Hbond substituents is 1. The quantitative estimate of drug-likeness (QED) is 0.345. The molecule has 0 saturated carbocycles. The number of hydrogen-bond donors (Lipinski definition) is 4. The second-order valence-electron chi connectivity index (χ2n) is 5.19. The smallest absolute Gasteiger partial charge is 0.341 e. The lowest BCUT2D eigenvalue weighted by molar-refractivity contribution is -0.000299. The second-order valence-corrected chi connectivity index (χ2v) is 5.19. The van der Waals surface area contributed by atoms with E-state index in [1.54, 1.807) is 31.2 Å². The van der Waals surface area contributed by atoms with Crippen LogP contribution in [-0.2, 0) is 4.74 Å². The number of benzene rings is 2.